The third-order valence-electron chi connectivity index (χ3n) is 5.32. The number of carboxylic acid groups (broad SMARTS) is 1. The van der Waals surface area contributed by atoms with Gasteiger partial charge in [-0.15, -0.1) is 0 Å². The molecule has 1 aromatic carbocycles. The molecule has 0 saturated heterocycles. The number of benzene rings is 1. The van der Waals surface area contributed by atoms with Crippen LogP contribution in [0.15, 0.2) is 18.2 Å². The molecule has 1 unspecified atom stereocenters. The molecular formula is C28H43NO10. The van der Waals surface area contributed by atoms with Crippen LogP contribution in [-0.2, 0) is 30.2 Å². The third-order valence-corrected chi connectivity index (χ3v) is 5.32. The Bertz CT molecular complexity index is 975. The fourth-order valence-electron chi connectivity index (χ4n) is 3.38. The zero-order valence-corrected chi connectivity index (χ0v) is 24.0. The van der Waals surface area contributed by atoms with E-state index in [0.29, 0.717) is 17.9 Å². The second-order valence-electron chi connectivity index (χ2n) is 11.0. The molecule has 0 aliphatic heterocycles. The van der Waals surface area contributed by atoms with Crippen LogP contribution in [0.5, 0.6) is 11.5 Å². The van der Waals surface area contributed by atoms with Crippen molar-refractivity contribution in [2.24, 2.45) is 23.5 Å². The number of esters is 1. The molecule has 0 aliphatic carbocycles. The van der Waals surface area contributed by atoms with Crippen molar-refractivity contribution < 1.29 is 48.0 Å². The van der Waals surface area contributed by atoms with Gasteiger partial charge in [-0.25, -0.2) is 9.59 Å². The fraction of sp³-hybridized carbons (Fsp3) is 0.643. The lowest BCUT2D eigenvalue weighted by atomic mass is 9.86. The standard InChI is InChI=1S/C28H43NO10/c1-17(2)8-11-24(30)37-20(7)13-28(29,25(31)32)14-21-9-10-22(38-26(33)35-15-18(3)4)23(12-21)39-27(34)36-16-19(5)6/h9-10,12,17-20H,8,11,13-16,29H2,1-7H3,(H,31,32)/t20-,28?/m0/s1. The Hall–Kier alpha value is -3.34. The number of aliphatic carboxylic acids is 1. The molecule has 0 bridgehead atoms. The van der Waals surface area contributed by atoms with Crippen molar-refractivity contribution in [1.82, 2.24) is 0 Å². The fourth-order valence-corrected chi connectivity index (χ4v) is 3.38. The molecule has 0 amide bonds. The summed E-state index contributed by atoms with van der Waals surface area (Å²) in [7, 11) is 0. The van der Waals surface area contributed by atoms with Gasteiger partial charge in [0.25, 0.3) is 0 Å². The van der Waals surface area contributed by atoms with Gasteiger partial charge >= 0.3 is 24.2 Å². The van der Waals surface area contributed by atoms with Crippen LogP contribution in [0.4, 0.5) is 9.59 Å². The first-order valence-corrected chi connectivity index (χ1v) is 13.1. The Labute approximate surface area is 230 Å². The summed E-state index contributed by atoms with van der Waals surface area (Å²) in [6.45, 7) is 13.2. The first-order chi connectivity index (χ1) is 18.1. The van der Waals surface area contributed by atoms with Crippen molar-refractivity contribution >= 4 is 24.2 Å². The van der Waals surface area contributed by atoms with Gasteiger partial charge in [-0.1, -0.05) is 47.6 Å². The molecule has 220 valence electrons. The topological polar surface area (TPSA) is 161 Å². The number of carbonyl (C=O) groups excluding carboxylic acids is 3. The Morgan fingerprint density at radius 2 is 1.38 bits per heavy atom. The molecule has 2 atom stereocenters. The van der Waals surface area contributed by atoms with E-state index in [9.17, 15) is 24.3 Å². The van der Waals surface area contributed by atoms with E-state index in [-0.39, 0.29) is 55.8 Å². The number of carbonyl (C=O) groups is 4. The smallest absolute Gasteiger partial charge is 0.480 e. The van der Waals surface area contributed by atoms with Crippen LogP contribution in [0.1, 0.15) is 73.3 Å². The largest absolute Gasteiger partial charge is 0.513 e. The second kappa shape index (κ2) is 15.9. The lowest BCUT2D eigenvalue weighted by molar-refractivity contribution is -0.153. The lowest BCUT2D eigenvalue weighted by Crippen LogP contribution is -2.52. The molecule has 1 aromatic rings. The highest BCUT2D eigenvalue weighted by atomic mass is 16.7. The van der Waals surface area contributed by atoms with Gasteiger partial charge in [-0.05, 0) is 48.8 Å². The van der Waals surface area contributed by atoms with Gasteiger partial charge in [0.05, 0.1) is 13.2 Å². The van der Waals surface area contributed by atoms with Gasteiger partial charge in [0.1, 0.15) is 11.6 Å². The van der Waals surface area contributed by atoms with Gasteiger partial charge in [0.2, 0.25) is 0 Å². The van der Waals surface area contributed by atoms with E-state index in [4.69, 9.17) is 29.4 Å². The highest BCUT2D eigenvalue weighted by molar-refractivity contribution is 5.79. The van der Waals surface area contributed by atoms with Gasteiger partial charge in [0, 0.05) is 19.3 Å². The van der Waals surface area contributed by atoms with Crippen LogP contribution < -0.4 is 15.2 Å². The molecule has 0 radical (unpaired) electrons. The summed E-state index contributed by atoms with van der Waals surface area (Å²) in [4.78, 5) is 48.6. The summed E-state index contributed by atoms with van der Waals surface area (Å²) in [6.07, 6.45) is -2.27. The monoisotopic (exact) mass is 553 g/mol. The summed E-state index contributed by atoms with van der Waals surface area (Å²) in [6, 6.07) is 4.17. The number of ether oxygens (including phenoxy) is 5. The summed E-state index contributed by atoms with van der Waals surface area (Å²) >= 11 is 0. The SMILES string of the molecule is CC(C)CCC(=O)O[C@@H](C)CC(N)(Cc1ccc(OC(=O)OCC(C)C)c(OC(=O)OCC(C)C)c1)C(=O)O. The summed E-state index contributed by atoms with van der Waals surface area (Å²) in [5.41, 5.74) is 4.82. The maximum atomic E-state index is 12.2. The third kappa shape index (κ3) is 13.3. The molecule has 11 heteroatoms. The van der Waals surface area contributed by atoms with E-state index in [0.717, 1.165) is 0 Å². The molecule has 3 N–H and O–H groups in total. The van der Waals surface area contributed by atoms with Crippen LogP contribution in [0.2, 0.25) is 0 Å². The van der Waals surface area contributed by atoms with E-state index in [1.54, 1.807) is 6.92 Å². The van der Waals surface area contributed by atoms with Gasteiger partial charge in [-0.3, -0.25) is 9.59 Å². The minimum Gasteiger partial charge on any atom is -0.480 e. The van der Waals surface area contributed by atoms with Gasteiger partial charge in [0.15, 0.2) is 11.5 Å². The zero-order chi connectivity index (χ0) is 29.8. The van der Waals surface area contributed by atoms with Gasteiger partial charge < -0.3 is 34.5 Å². The van der Waals surface area contributed by atoms with Crippen molar-refractivity contribution in [1.29, 1.82) is 0 Å². The Kier molecular flexibility index (Phi) is 13.8. The Morgan fingerprint density at radius 3 is 1.87 bits per heavy atom. The molecule has 0 heterocycles. The van der Waals surface area contributed by atoms with E-state index in [1.165, 1.54) is 18.2 Å². The van der Waals surface area contributed by atoms with Crippen molar-refractivity contribution in [2.75, 3.05) is 13.2 Å². The number of nitrogens with two attached hydrogens (primary N) is 1. The van der Waals surface area contributed by atoms with Crippen LogP contribution in [0, 0.1) is 17.8 Å². The van der Waals surface area contributed by atoms with Gasteiger partial charge in [-0.2, -0.15) is 0 Å². The molecule has 0 fully saturated rings. The van der Waals surface area contributed by atoms with Crippen molar-refractivity contribution in [3.8, 4) is 11.5 Å². The van der Waals surface area contributed by atoms with Crippen molar-refractivity contribution in [2.45, 2.75) is 85.8 Å². The molecule has 0 aromatic heterocycles. The Balaban J connectivity index is 3.12. The predicted molar refractivity (Wildman–Crippen MR) is 143 cm³/mol. The molecule has 11 nitrogen and oxygen atoms in total. The molecule has 0 aliphatic rings. The molecule has 39 heavy (non-hydrogen) atoms. The van der Waals surface area contributed by atoms with Crippen molar-refractivity contribution in [3.63, 3.8) is 0 Å². The normalized spacial score (nSPS) is 13.5. The summed E-state index contributed by atoms with van der Waals surface area (Å²) in [5.74, 6) is -1.58. The average molecular weight is 554 g/mol. The van der Waals surface area contributed by atoms with E-state index >= 15 is 0 Å². The second-order valence-corrected chi connectivity index (χ2v) is 11.0. The maximum Gasteiger partial charge on any atom is 0.513 e. The van der Waals surface area contributed by atoms with E-state index in [2.05, 4.69) is 0 Å². The maximum absolute atomic E-state index is 12.2. The van der Waals surface area contributed by atoms with Crippen LogP contribution >= 0.6 is 0 Å². The first-order valence-electron chi connectivity index (χ1n) is 13.1. The first kappa shape index (κ1) is 33.7. The predicted octanol–water partition coefficient (Wildman–Crippen LogP) is 5.11. The minimum absolute atomic E-state index is 0.0560. The van der Waals surface area contributed by atoms with Crippen LogP contribution in [0.3, 0.4) is 0 Å². The average Bonchev–Trinajstić information content (AvgIpc) is 2.81. The number of hydrogen-bond acceptors (Lipinski definition) is 10. The minimum atomic E-state index is -1.81. The molecule has 1 rings (SSSR count). The van der Waals surface area contributed by atoms with Crippen molar-refractivity contribution in [3.05, 3.63) is 23.8 Å². The van der Waals surface area contributed by atoms with E-state index < -0.39 is 35.9 Å². The number of rotatable bonds is 15. The van der Waals surface area contributed by atoms with Crippen LogP contribution in [0.25, 0.3) is 0 Å². The quantitative estimate of drug-likeness (QED) is 0.169. The number of hydrogen-bond donors (Lipinski definition) is 2. The zero-order valence-electron chi connectivity index (χ0n) is 24.0. The highest BCUT2D eigenvalue weighted by Gasteiger charge is 2.37. The molecule has 0 saturated carbocycles. The lowest BCUT2D eigenvalue weighted by Gasteiger charge is -2.28. The summed E-state index contributed by atoms with van der Waals surface area (Å²) < 4.78 is 25.9. The molecule has 0 spiro atoms. The number of carboxylic acids is 1. The highest BCUT2D eigenvalue weighted by Crippen LogP contribution is 2.31. The Morgan fingerprint density at radius 1 is 0.846 bits per heavy atom. The van der Waals surface area contributed by atoms with E-state index in [1.807, 2.05) is 41.5 Å². The van der Waals surface area contributed by atoms with Crippen LogP contribution in [-0.4, -0.2) is 54.2 Å². The molecular weight excluding hydrogens is 510 g/mol. The summed E-state index contributed by atoms with van der Waals surface area (Å²) in [5, 5.41) is 9.91.